The van der Waals surface area contributed by atoms with E-state index in [0.29, 0.717) is 46.1 Å². The lowest BCUT2D eigenvalue weighted by molar-refractivity contribution is -0.0158. The van der Waals surface area contributed by atoms with Gasteiger partial charge < -0.3 is 20.1 Å². The molecule has 28 heavy (non-hydrogen) atoms. The van der Waals surface area contributed by atoms with Gasteiger partial charge >= 0.3 is 0 Å². The Balaban J connectivity index is 1.59. The topological polar surface area (TPSA) is 85.4 Å². The van der Waals surface area contributed by atoms with Crippen LogP contribution in [0, 0.1) is 0 Å². The summed E-state index contributed by atoms with van der Waals surface area (Å²) < 4.78 is 10.9. The van der Waals surface area contributed by atoms with Gasteiger partial charge in [0.15, 0.2) is 12.5 Å². The molecule has 142 valence electrons. The molecule has 0 unspecified atom stereocenters. The summed E-state index contributed by atoms with van der Waals surface area (Å²) in [6.45, 7) is 0.613. The van der Waals surface area contributed by atoms with Gasteiger partial charge in [0, 0.05) is 23.0 Å². The second-order valence-electron chi connectivity index (χ2n) is 5.89. The Morgan fingerprint density at radius 1 is 1.14 bits per heavy atom. The number of ether oxygens (including phenoxy) is 2. The van der Waals surface area contributed by atoms with Crippen molar-refractivity contribution in [2.45, 2.75) is 6.61 Å². The van der Waals surface area contributed by atoms with Crippen LogP contribution in [0.15, 0.2) is 48.7 Å². The fraction of sp³-hybridized carbons (Fsp3) is 0.105. The Morgan fingerprint density at radius 2 is 2.04 bits per heavy atom. The molecule has 2 N–H and O–H groups in total. The summed E-state index contributed by atoms with van der Waals surface area (Å²) >= 11 is 11.9. The highest BCUT2D eigenvalue weighted by atomic mass is 35.5. The first-order valence-electron chi connectivity index (χ1n) is 8.29. The molecule has 0 atom stereocenters. The summed E-state index contributed by atoms with van der Waals surface area (Å²) in [6.07, 6.45) is 1.60. The van der Waals surface area contributed by atoms with Crippen LogP contribution >= 0.6 is 23.2 Å². The van der Waals surface area contributed by atoms with Gasteiger partial charge in [-0.1, -0.05) is 23.7 Å². The summed E-state index contributed by atoms with van der Waals surface area (Å²) in [5, 5.41) is 6.19. The van der Waals surface area contributed by atoms with E-state index in [4.69, 9.17) is 32.7 Å². The van der Waals surface area contributed by atoms with Gasteiger partial charge in [-0.3, -0.25) is 4.79 Å². The second kappa shape index (κ2) is 8.02. The van der Waals surface area contributed by atoms with E-state index in [0.717, 1.165) is 5.56 Å². The smallest absolute Gasteiger partial charge is 0.252 e. The molecule has 0 aliphatic carbocycles. The van der Waals surface area contributed by atoms with Crippen molar-refractivity contribution in [1.29, 1.82) is 0 Å². The Bertz CT molecular complexity index is 1050. The van der Waals surface area contributed by atoms with Crippen LogP contribution in [-0.4, -0.2) is 22.0 Å². The Labute approximate surface area is 170 Å². The molecule has 9 heteroatoms. The molecule has 0 radical (unpaired) electrons. The number of nitrogens with zero attached hydrogens (tertiary/aromatic N) is 2. The summed E-state index contributed by atoms with van der Waals surface area (Å²) in [5.41, 5.74) is 2.53. The highest BCUT2D eigenvalue weighted by molar-refractivity contribution is 6.67. The maximum atomic E-state index is 11.3. The van der Waals surface area contributed by atoms with Gasteiger partial charge in [-0.2, -0.15) is 4.98 Å². The van der Waals surface area contributed by atoms with Crippen LogP contribution in [0.2, 0.25) is 5.02 Å². The second-order valence-corrected chi connectivity index (χ2v) is 6.64. The van der Waals surface area contributed by atoms with Crippen LogP contribution in [-0.2, 0) is 11.3 Å². The van der Waals surface area contributed by atoms with E-state index < -0.39 is 5.24 Å². The summed E-state index contributed by atoms with van der Waals surface area (Å²) in [4.78, 5) is 19.9. The van der Waals surface area contributed by atoms with Crippen molar-refractivity contribution >= 4 is 51.6 Å². The Kier molecular flexibility index (Phi) is 5.29. The van der Waals surface area contributed by atoms with Gasteiger partial charge in [-0.25, -0.2) is 4.98 Å². The number of nitrogens with one attached hydrogen (secondary N) is 2. The number of benzene rings is 2. The van der Waals surface area contributed by atoms with Crippen molar-refractivity contribution in [3.05, 3.63) is 64.8 Å². The molecule has 4 rings (SSSR count). The number of rotatable bonds is 5. The monoisotopic (exact) mass is 416 g/mol. The lowest BCUT2D eigenvalue weighted by atomic mass is 10.1. The predicted molar refractivity (Wildman–Crippen MR) is 107 cm³/mol. The zero-order valence-electron chi connectivity index (χ0n) is 14.4. The van der Waals surface area contributed by atoms with E-state index in [9.17, 15) is 4.79 Å². The van der Waals surface area contributed by atoms with Gasteiger partial charge in [0.05, 0.1) is 11.6 Å². The lowest BCUT2D eigenvalue weighted by Crippen LogP contribution is -2.13. The van der Waals surface area contributed by atoms with E-state index in [1.54, 1.807) is 42.6 Å². The molecule has 7 nitrogen and oxygen atoms in total. The zero-order valence-corrected chi connectivity index (χ0v) is 15.9. The molecular weight excluding hydrogens is 403 g/mol. The Hall–Kier alpha value is -2.87. The van der Waals surface area contributed by atoms with Crippen LogP contribution in [0.3, 0.4) is 0 Å². The van der Waals surface area contributed by atoms with E-state index in [1.165, 1.54) is 0 Å². The SMILES string of the molecule is O=C(Cl)c1cccc(Nc2nccc(Nc3c(Cl)ccc4c3OCOC4)n2)c1. The molecule has 3 aromatic rings. The zero-order chi connectivity index (χ0) is 19.5. The number of anilines is 4. The maximum absolute atomic E-state index is 11.3. The number of carbonyl (C=O) groups is 1. The van der Waals surface area contributed by atoms with Crippen LogP contribution in [0.25, 0.3) is 0 Å². The first-order valence-corrected chi connectivity index (χ1v) is 9.04. The molecule has 0 saturated heterocycles. The minimum absolute atomic E-state index is 0.161. The van der Waals surface area contributed by atoms with E-state index in [2.05, 4.69) is 20.6 Å². The number of carbonyl (C=O) groups excluding carboxylic acids is 1. The van der Waals surface area contributed by atoms with Gasteiger partial charge in [0.2, 0.25) is 5.95 Å². The molecular formula is C19H14Cl2N4O3. The fourth-order valence-electron chi connectivity index (χ4n) is 2.71. The van der Waals surface area contributed by atoms with Crippen LogP contribution < -0.4 is 15.4 Å². The number of halogens is 2. The largest absolute Gasteiger partial charge is 0.465 e. The molecule has 1 aliphatic heterocycles. The third-order valence-electron chi connectivity index (χ3n) is 3.99. The molecule has 0 amide bonds. The van der Waals surface area contributed by atoms with Crippen LogP contribution in [0.1, 0.15) is 15.9 Å². The lowest BCUT2D eigenvalue weighted by Gasteiger charge is -2.22. The predicted octanol–water partition coefficient (Wildman–Crippen LogP) is 4.86. The first-order chi connectivity index (χ1) is 13.6. The van der Waals surface area contributed by atoms with Crippen molar-refractivity contribution in [1.82, 2.24) is 9.97 Å². The molecule has 2 heterocycles. The minimum Gasteiger partial charge on any atom is -0.465 e. The third kappa shape index (κ3) is 4.01. The first kappa shape index (κ1) is 18.5. The molecule has 0 spiro atoms. The third-order valence-corrected chi connectivity index (χ3v) is 4.52. The van der Waals surface area contributed by atoms with Crippen LogP contribution in [0.5, 0.6) is 5.75 Å². The Morgan fingerprint density at radius 3 is 2.89 bits per heavy atom. The maximum Gasteiger partial charge on any atom is 0.252 e. The van der Waals surface area contributed by atoms with E-state index >= 15 is 0 Å². The van der Waals surface area contributed by atoms with Crippen molar-refractivity contribution < 1.29 is 14.3 Å². The molecule has 0 fully saturated rings. The molecule has 2 aromatic carbocycles. The van der Waals surface area contributed by atoms with Crippen LogP contribution in [0.4, 0.5) is 23.1 Å². The van der Waals surface area contributed by atoms with Gasteiger partial charge in [0.1, 0.15) is 11.5 Å². The number of hydrogen-bond donors (Lipinski definition) is 2. The highest BCUT2D eigenvalue weighted by Gasteiger charge is 2.18. The van der Waals surface area contributed by atoms with Crippen molar-refractivity contribution in [2.75, 3.05) is 17.4 Å². The normalized spacial score (nSPS) is 12.6. The summed E-state index contributed by atoms with van der Waals surface area (Å²) in [6, 6.07) is 12.1. The number of fused-ring (bicyclic) bond motifs is 1. The van der Waals surface area contributed by atoms with Crippen molar-refractivity contribution in [2.24, 2.45) is 0 Å². The summed E-state index contributed by atoms with van der Waals surface area (Å²) in [5.74, 6) is 1.50. The quantitative estimate of drug-likeness (QED) is 0.574. The van der Waals surface area contributed by atoms with Crippen molar-refractivity contribution in [3.63, 3.8) is 0 Å². The highest BCUT2D eigenvalue weighted by Crippen LogP contribution is 2.39. The average molecular weight is 417 g/mol. The molecule has 1 aromatic heterocycles. The number of aromatic nitrogens is 2. The van der Waals surface area contributed by atoms with E-state index in [-0.39, 0.29) is 6.79 Å². The van der Waals surface area contributed by atoms with E-state index in [1.807, 2.05) is 6.07 Å². The average Bonchev–Trinajstić information content (AvgIpc) is 2.71. The molecule has 0 saturated carbocycles. The molecule has 1 aliphatic rings. The molecule has 0 bridgehead atoms. The minimum atomic E-state index is -0.535. The van der Waals surface area contributed by atoms with Gasteiger partial charge in [-0.15, -0.1) is 0 Å². The number of hydrogen-bond acceptors (Lipinski definition) is 7. The summed E-state index contributed by atoms with van der Waals surface area (Å²) in [7, 11) is 0. The van der Waals surface area contributed by atoms with Gasteiger partial charge in [-0.05, 0) is 41.9 Å². The standard InChI is InChI=1S/C19H14Cl2N4O3/c20-14-5-4-12-9-27-10-28-17(12)16(14)24-15-6-7-22-19(25-15)23-13-3-1-2-11(8-13)18(21)26/h1-8H,9-10H2,(H2,22,23,24,25). The van der Waals surface area contributed by atoms with Gasteiger partial charge in [0.25, 0.3) is 5.24 Å². The van der Waals surface area contributed by atoms with Crippen molar-refractivity contribution in [3.8, 4) is 5.75 Å². The fourth-order valence-corrected chi connectivity index (χ4v) is 3.03.